The van der Waals surface area contributed by atoms with Gasteiger partial charge in [-0.25, -0.2) is 4.39 Å². The molecule has 1 aromatic rings. The number of carboxylic acid groups (broad SMARTS) is 1. The molecule has 0 aromatic heterocycles. The minimum absolute atomic E-state index is 0.173. The summed E-state index contributed by atoms with van der Waals surface area (Å²) in [6.45, 7) is 2.95. The summed E-state index contributed by atoms with van der Waals surface area (Å²) in [4.78, 5) is 32.6. The largest absolute Gasteiger partial charge is 0.481 e. The van der Waals surface area contributed by atoms with Crippen molar-refractivity contribution < 1.29 is 24.0 Å². The third kappa shape index (κ3) is 3.74. The van der Waals surface area contributed by atoms with Gasteiger partial charge >= 0.3 is 5.97 Å². The third-order valence-corrected chi connectivity index (χ3v) is 3.34. The first-order valence-corrected chi connectivity index (χ1v) is 6.17. The fraction of sp³-hybridized carbons (Fsp3) is 0.385. The Morgan fingerprint density at radius 3 is 2.52 bits per heavy atom. The second-order valence-corrected chi connectivity index (χ2v) is 4.82. The summed E-state index contributed by atoms with van der Waals surface area (Å²) in [7, 11) is 0. The van der Waals surface area contributed by atoms with Crippen LogP contribution in [0.5, 0.6) is 0 Å². The van der Waals surface area contributed by atoms with Gasteiger partial charge in [-0.05, 0) is 19.4 Å². The Morgan fingerprint density at radius 1 is 1.48 bits per heavy atom. The number of hydrogen-bond donors (Lipinski definition) is 2. The van der Waals surface area contributed by atoms with Crippen LogP contribution in [0, 0.1) is 21.3 Å². The number of non-ortho nitro benzene ring substituents is 1. The predicted molar refractivity (Wildman–Crippen MR) is 71.4 cm³/mol. The number of hydrogen-bond acceptors (Lipinski definition) is 4. The van der Waals surface area contributed by atoms with Crippen LogP contribution in [0.1, 0.15) is 30.6 Å². The van der Waals surface area contributed by atoms with Gasteiger partial charge in [-0.2, -0.15) is 0 Å². The van der Waals surface area contributed by atoms with Crippen molar-refractivity contribution in [1.29, 1.82) is 0 Å². The first-order chi connectivity index (χ1) is 9.71. The highest BCUT2D eigenvalue weighted by molar-refractivity contribution is 5.95. The molecule has 8 heteroatoms. The van der Waals surface area contributed by atoms with E-state index in [2.05, 4.69) is 5.32 Å². The zero-order valence-electron chi connectivity index (χ0n) is 11.6. The minimum Gasteiger partial charge on any atom is -0.481 e. The molecule has 0 fully saturated rings. The molecule has 1 unspecified atom stereocenters. The van der Waals surface area contributed by atoms with Crippen LogP contribution in [0.4, 0.5) is 10.1 Å². The maximum absolute atomic E-state index is 13.6. The molecule has 2 N–H and O–H groups in total. The molecule has 0 heterocycles. The van der Waals surface area contributed by atoms with E-state index in [1.807, 2.05) is 0 Å². The lowest BCUT2D eigenvalue weighted by Gasteiger charge is -2.23. The molecular weight excluding hydrogens is 283 g/mol. The summed E-state index contributed by atoms with van der Waals surface area (Å²) in [6.07, 6.45) is 0.283. The highest BCUT2D eigenvalue weighted by atomic mass is 19.1. The van der Waals surface area contributed by atoms with Crippen molar-refractivity contribution in [3.63, 3.8) is 0 Å². The Morgan fingerprint density at radius 2 is 2.10 bits per heavy atom. The molecule has 0 bridgehead atoms. The van der Waals surface area contributed by atoms with E-state index < -0.39 is 33.7 Å². The number of amides is 1. The van der Waals surface area contributed by atoms with Gasteiger partial charge in [-0.15, -0.1) is 0 Å². The lowest BCUT2D eigenvalue weighted by Crippen LogP contribution is -2.40. The first-order valence-electron chi connectivity index (χ1n) is 6.17. The Labute approximate surface area is 119 Å². The molecule has 0 aliphatic rings. The Kier molecular flexibility index (Phi) is 4.96. The van der Waals surface area contributed by atoms with Crippen LogP contribution >= 0.6 is 0 Å². The number of carboxylic acids is 1. The summed E-state index contributed by atoms with van der Waals surface area (Å²) < 4.78 is 13.6. The van der Waals surface area contributed by atoms with Gasteiger partial charge in [-0.3, -0.25) is 19.7 Å². The van der Waals surface area contributed by atoms with Gasteiger partial charge in [0, 0.05) is 12.6 Å². The summed E-state index contributed by atoms with van der Waals surface area (Å²) in [5.41, 5.74) is -2.00. The van der Waals surface area contributed by atoms with Crippen LogP contribution in [0.3, 0.4) is 0 Å². The number of benzene rings is 1. The van der Waals surface area contributed by atoms with Crippen LogP contribution in [0.25, 0.3) is 0 Å². The molecule has 0 saturated carbocycles. The number of nitrogens with zero attached hydrogens (tertiary/aromatic N) is 1. The second-order valence-electron chi connectivity index (χ2n) is 4.82. The topological polar surface area (TPSA) is 110 Å². The molecule has 7 nitrogen and oxygen atoms in total. The Hall–Kier alpha value is -2.51. The number of nitro groups is 1. The van der Waals surface area contributed by atoms with E-state index in [1.54, 1.807) is 6.92 Å². The average molecular weight is 298 g/mol. The number of carbonyl (C=O) groups excluding carboxylic acids is 1. The first kappa shape index (κ1) is 16.5. The number of rotatable bonds is 6. The third-order valence-electron chi connectivity index (χ3n) is 3.34. The number of aliphatic carboxylic acids is 1. The highest BCUT2D eigenvalue weighted by Gasteiger charge is 2.31. The van der Waals surface area contributed by atoms with Crippen LogP contribution < -0.4 is 5.32 Å². The smallest absolute Gasteiger partial charge is 0.311 e. The lowest BCUT2D eigenvalue weighted by atomic mass is 9.87. The maximum Gasteiger partial charge on any atom is 0.311 e. The lowest BCUT2D eigenvalue weighted by molar-refractivity contribution is -0.385. The summed E-state index contributed by atoms with van der Waals surface area (Å²) in [5, 5.41) is 21.9. The number of nitrogens with one attached hydrogen (secondary N) is 1. The van der Waals surface area contributed by atoms with Gasteiger partial charge in [0.25, 0.3) is 11.6 Å². The Bertz CT molecular complexity index is 590. The van der Waals surface area contributed by atoms with E-state index >= 15 is 0 Å². The molecular formula is C13H15FN2O5. The van der Waals surface area contributed by atoms with Crippen molar-refractivity contribution >= 4 is 17.6 Å². The zero-order chi connectivity index (χ0) is 16.2. The molecule has 1 rings (SSSR count). The number of halogens is 1. The zero-order valence-corrected chi connectivity index (χ0v) is 11.6. The molecule has 1 atom stereocenters. The van der Waals surface area contributed by atoms with Crippen molar-refractivity contribution in [2.75, 3.05) is 6.54 Å². The molecule has 0 aliphatic carbocycles. The molecule has 1 aromatic carbocycles. The molecule has 0 radical (unpaired) electrons. The normalized spacial score (nSPS) is 13.3. The summed E-state index contributed by atoms with van der Waals surface area (Å²) >= 11 is 0. The van der Waals surface area contributed by atoms with Crippen molar-refractivity contribution in [2.45, 2.75) is 20.3 Å². The summed E-state index contributed by atoms with van der Waals surface area (Å²) in [5.74, 6) is -2.92. The number of nitro benzene ring substituents is 1. The van der Waals surface area contributed by atoms with Gasteiger partial charge in [0.05, 0.1) is 22.0 Å². The van der Waals surface area contributed by atoms with Gasteiger partial charge < -0.3 is 10.4 Å². The second kappa shape index (κ2) is 6.29. The number of carbonyl (C=O) groups is 2. The van der Waals surface area contributed by atoms with E-state index in [0.29, 0.717) is 6.07 Å². The molecule has 0 saturated heterocycles. The van der Waals surface area contributed by atoms with Crippen molar-refractivity contribution in [1.82, 2.24) is 5.32 Å². The Balaban J connectivity index is 2.86. The van der Waals surface area contributed by atoms with E-state index in [1.165, 1.54) is 6.92 Å². The van der Waals surface area contributed by atoms with Crippen molar-refractivity contribution in [2.24, 2.45) is 5.41 Å². The van der Waals surface area contributed by atoms with Crippen LogP contribution in [-0.4, -0.2) is 28.5 Å². The fourth-order valence-corrected chi connectivity index (χ4v) is 1.52. The van der Waals surface area contributed by atoms with Crippen molar-refractivity contribution in [3.8, 4) is 0 Å². The molecule has 1 amide bonds. The van der Waals surface area contributed by atoms with E-state index in [0.717, 1.165) is 12.1 Å². The van der Waals surface area contributed by atoms with E-state index in [-0.39, 0.29) is 18.5 Å². The summed E-state index contributed by atoms with van der Waals surface area (Å²) in [6, 6.07) is 2.65. The average Bonchev–Trinajstić information content (AvgIpc) is 2.43. The molecule has 114 valence electrons. The van der Waals surface area contributed by atoms with Crippen molar-refractivity contribution in [3.05, 3.63) is 39.7 Å². The molecule has 0 aliphatic heterocycles. The fourth-order valence-electron chi connectivity index (χ4n) is 1.52. The minimum atomic E-state index is -1.16. The van der Waals surface area contributed by atoms with Gasteiger partial charge in [0.2, 0.25) is 0 Å². The van der Waals surface area contributed by atoms with Gasteiger partial charge in [0.15, 0.2) is 0 Å². The molecule has 0 spiro atoms. The molecule has 21 heavy (non-hydrogen) atoms. The van der Waals surface area contributed by atoms with Crippen LogP contribution in [0.15, 0.2) is 18.2 Å². The maximum atomic E-state index is 13.6. The monoisotopic (exact) mass is 298 g/mol. The van der Waals surface area contributed by atoms with Gasteiger partial charge in [0.1, 0.15) is 5.82 Å². The quantitative estimate of drug-likeness (QED) is 0.616. The standard InChI is InChI=1S/C13H15FN2O5/c1-3-13(2,12(18)19)7-15-11(17)9-5-4-8(16(20)21)6-10(9)14/h4-6H,3,7H2,1-2H3,(H,15,17)(H,18,19). The van der Waals surface area contributed by atoms with E-state index in [4.69, 9.17) is 5.11 Å². The van der Waals surface area contributed by atoms with Gasteiger partial charge in [-0.1, -0.05) is 6.92 Å². The highest BCUT2D eigenvalue weighted by Crippen LogP contribution is 2.21. The van der Waals surface area contributed by atoms with Crippen LogP contribution in [0.2, 0.25) is 0 Å². The SMILES string of the molecule is CCC(C)(CNC(=O)c1ccc([N+](=O)[O-])cc1F)C(=O)O. The van der Waals surface area contributed by atoms with Crippen LogP contribution in [-0.2, 0) is 4.79 Å². The van der Waals surface area contributed by atoms with E-state index in [9.17, 15) is 24.1 Å². The predicted octanol–water partition coefficient (Wildman–Crippen LogP) is 1.96.